The summed E-state index contributed by atoms with van der Waals surface area (Å²) in [5, 5.41) is 17.2. The van der Waals surface area contributed by atoms with Gasteiger partial charge in [-0.2, -0.15) is 0 Å². The fourth-order valence-electron chi connectivity index (χ4n) is 3.23. The average molecular weight is 344 g/mol. The van der Waals surface area contributed by atoms with Gasteiger partial charge in [-0.3, -0.25) is 4.79 Å². The highest BCUT2D eigenvalue weighted by atomic mass is 16.5. The van der Waals surface area contributed by atoms with Crippen molar-refractivity contribution in [3.8, 4) is 5.75 Å². The molecule has 1 amide bonds. The fraction of sp³-hybridized carbons (Fsp3) is 0.474. The molecular formula is C19H24N2O4. The number of hydrogen-bond donors (Lipinski definition) is 2. The molecule has 1 heterocycles. The summed E-state index contributed by atoms with van der Waals surface area (Å²) < 4.78 is 10.9. The topological polar surface area (TPSA) is 84.6 Å². The van der Waals surface area contributed by atoms with Gasteiger partial charge in [0.25, 0.3) is 5.91 Å². The van der Waals surface area contributed by atoms with Crippen molar-refractivity contribution in [1.29, 1.82) is 0 Å². The largest absolute Gasteiger partial charge is 0.488 e. The van der Waals surface area contributed by atoms with Crippen molar-refractivity contribution in [1.82, 2.24) is 10.5 Å². The minimum absolute atomic E-state index is 0.0412. The van der Waals surface area contributed by atoms with Crippen molar-refractivity contribution in [3.63, 3.8) is 0 Å². The number of benzene rings is 1. The highest BCUT2D eigenvalue weighted by Crippen LogP contribution is 2.28. The lowest BCUT2D eigenvalue weighted by atomic mass is 9.84. The molecule has 0 unspecified atom stereocenters. The zero-order chi connectivity index (χ0) is 17.8. The number of rotatable bonds is 5. The molecular weight excluding hydrogens is 320 g/mol. The van der Waals surface area contributed by atoms with Gasteiger partial charge in [-0.25, -0.2) is 0 Å². The lowest BCUT2D eigenvalue weighted by molar-refractivity contribution is -0.0301. The molecule has 134 valence electrons. The fourth-order valence-corrected chi connectivity index (χ4v) is 3.23. The Morgan fingerprint density at radius 3 is 2.92 bits per heavy atom. The predicted octanol–water partition coefficient (Wildman–Crippen LogP) is 2.63. The lowest BCUT2D eigenvalue weighted by Crippen LogP contribution is -2.45. The van der Waals surface area contributed by atoms with E-state index in [2.05, 4.69) is 10.5 Å². The first-order valence-electron chi connectivity index (χ1n) is 8.66. The van der Waals surface area contributed by atoms with Gasteiger partial charge >= 0.3 is 0 Å². The van der Waals surface area contributed by atoms with Gasteiger partial charge in [-0.15, -0.1) is 0 Å². The molecule has 2 aromatic rings. The smallest absolute Gasteiger partial charge is 0.273 e. The van der Waals surface area contributed by atoms with Crippen molar-refractivity contribution < 1.29 is 19.2 Å². The second kappa shape index (κ2) is 7.70. The number of carbonyl (C=O) groups excluding carboxylic acids is 1. The van der Waals surface area contributed by atoms with Gasteiger partial charge < -0.3 is 19.7 Å². The van der Waals surface area contributed by atoms with Crippen LogP contribution in [0, 0.1) is 19.8 Å². The quantitative estimate of drug-likeness (QED) is 0.871. The second-order valence-electron chi connectivity index (χ2n) is 6.69. The molecule has 1 aliphatic rings. The van der Waals surface area contributed by atoms with E-state index in [4.69, 9.17) is 9.26 Å². The average Bonchev–Trinajstić information content (AvgIpc) is 3.02. The molecule has 0 saturated heterocycles. The minimum Gasteiger partial charge on any atom is -0.488 e. The van der Waals surface area contributed by atoms with E-state index in [1.807, 2.05) is 31.2 Å². The van der Waals surface area contributed by atoms with Crippen LogP contribution in [0.1, 0.15) is 41.1 Å². The summed E-state index contributed by atoms with van der Waals surface area (Å²) in [6, 6.07) is 9.41. The molecule has 0 radical (unpaired) electrons. The highest BCUT2D eigenvalue weighted by molar-refractivity contribution is 5.92. The molecule has 6 heteroatoms. The predicted molar refractivity (Wildman–Crippen MR) is 92.5 cm³/mol. The summed E-state index contributed by atoms with van der Waals surface area (Å²) >= 11 is 0. The summed E-state index contributed by atoms with van der Waals surface area (Å²) in [5.41, 5.74) is 1.38. The van der Waals surface area contributed by atoms with Crippen LogP contribution in [0.3, 0.4) is 0 Å². The molecule has 25 heavy (non-hydrogen) atoms. The molecule has 0 spiro atoms. The molecule has 2 N–H and O–H groups in total. The Balaban J connectivity index is 1.56. The Morgan fingerprint density at radius 2 is 2.20 bits per heavy atom. The second-order valence-corrected chi connectivity index (χ2v) is 6.69. The maximum atomic E-state index is 12.1. The van der Waals surface area contributed by atoms with E-state index in [-0.39, 0.29) is 23.6 Å². The summed E-state index contributed by atoms with van der Waals surface area (Å²) in [6.07, 6.45) is 1.74. The van der Waals surface area contributed by atoms with Crippen LogP contribution in [0.15, 0.2) is 34.9 Å². The molecule has 1 aliphatic carbocycles. The molecule has 0 aliphatic heterocycles. The highest BCUT2D eigenvalue weighted by Gasteiger charge is 2.33. The van der Waals surface area contributed by atoms with Crippen LogP contribution in [0.25, 0.3) is 0 Å². The first-order chi connectivity index (χ1) is 12.0. The molecule has 1 fully saturated rings. The Bertz CT molecular complexity index is 728. The number of aliphatic hydroxyl groups is 1. The van der Waals surface area contributed by atoms with Gasteiger partial charge in [-0.05, 0) is 50.8 Å². The lowest BCUT2D eigenvalue weighted by Gasteiger charge is -2.35. The van der Waals surface area contributed by atoms with Crippen LogP contribution in [0.4, 0.5) is 0 Å². The maximum absolute atomic E-state index is 12.1. The van der Waals surface area contributed by atoms with Crippen LogP contribution in [-0.2, 0) is 0 Å². The van der Waals surface area contributed by atoms with Crippen LogP contribution in [0.2, 0.25) is 0 Å². The third-order valence-corrected chi connectivity index (χ3v) is 4.59. The van der Waals surface area contributed by atoms with E-state index >= 15 is 0 Å². The Hall–Kier alpha value is -2.34. The number of carbonyl (C=O) groups is 1. The van der Waals surface area contributed by atoms with Crippen molar-refractivity contribution in [2.24, 2.45) is 5.92 Å². The van der Waals surface area contributed by atoms with Gasteiger partial charge in [0.1, 0.15) is 17.6 Å². The van der Waals surface area contributed by atoms with E-state index in [1.165, 1.54) is 0 Å². The van der Waals surface area contributed by atoms with Gasteiger partial charge in [0.15, 0.2) is 5.69 Å². The van der Waals surface area contributed by atoms with Crippen molar-refractivity contribution in [2.45, 2.75) is 45.3 Å². The van der Waals surface area contributed by atoms with Gasteiger partial charge in [0, 0.05) is 18.5 Å². The molecule has 1 aromatic heterocycles. The number of amides is 1. The molecule has 1 aromatic carbocycles. The van der Waals surface area contributed by atoms with Crippen molar-refractivity contribution >= 4 is 5.91 Å². The van der Waals surface area contributed by atoms with Crippen LogP contribution in [-0.4, -0.2) is 34.9 Å². The third kappa shape index (κ3) is 4.39. The van der Waals surface area contributed by atoms with E-state index in [0.29, 0.717) is 12.3 Å². The Morgan fingerprint density at radius 1 is 1.36 bits per heavy atom. The van der Waals surface area contributed by atoms with Crippen molar-refractivity contribution in [3.05, 3.63) is 47.3 Å². The third-order valence-electron chi connectivity index (χ3n) is 4.59. The van der Waals surface area contributed by atoms with E-state index in [9.17, 15) is 9.90 Å². The molecule has 6 nitrogen and oxygen atoms in total. The number of nitrogens with one attached hydrogen (secondary N) is 1. The standard InChI is InChI=1S/C19H24N2O4/c1-12-5-3-7-15(9-12)24-17-8-4-6-14(18(17)22)11-20-19(23)16-10-13(2)25-21-16/h3,5,7,9-10,14,17-18,22H,4,6,8,11H2,1-2H3,(H,20,23)/t14-,17-,18-/m1/s1. The van der Waals surface area contributed by atoms with E-state index in [1.54, 1.807) is 13.0 Å². The van der Waals surface area contributed by atoms with E-state index in [0.717, 1.165) is 30.6 Å². The molecule has 3 rings (SSSR count). The van der Waals surface area contributed by atoms with Gasteiger partial charge in [0.05, 0.1) is 6.10 Å². The monoisotopic (exact) mass is 344 g/mol. The molecule has 1 saturated carbocycles. The van der Waals surface area contributed by atoms with Crippen molar-refractivity contribution in [2.75, 3.05) is 6.54 Å². The zero-order valence-electron chi connectivity index (χ0n) is 14.6. The molecule has 3 atom stereocenters. The summed E-state index contributed by atoms with van der Waals surface area (Å²) in [7, 11) is 0. The number of hydrogen-bond acceptors (Lipinski definition) is 5. The number of ether oxygens (including phenoxy) is 1. The number of aromatic nitrogens is 1. The summed E-state index contributed by atoms with van der Waals surface area (Å²) in [6.45, 7) is 4.13. The van der Waals surface area contributed by atoms with Crippen LogP contribution >= 0.6 is 0 Å². The SMILES string of the molecule is Cc1cccc(O[C@@H]2CCC[C@H](CNC(=O)c3cc(C)on3)[C@H]2O)c1. The summed E-state index contributed by atoms with van der Waals surface area (Å²) in [5.74, 6) is 1.03. The number of aliphatic hydroxyl groups excluding tert-OH is 1. The first kappa shape index (κ1) is 17.5. The number of nitrogens with zero attached hydrogens (tertiary/aromatic N) is 1. The maximum Gasteiger partial charge on any atom is 0.273 e. The minimum atomic E-state index is -0.617. The van der Waals surface area contributed by atoms with E-state index < -0.39 is 6.10 Å². The van der Waals surface area contributed by atoms with Gasteiger partial charge in [0.2, 0.25) is 0 Å². The molecule has 0 bridgehead atoms. The van der Waals surface area contributed by atoms with Gasteiger partial charge in [-0.1, -0.05) is 17.3 Å². The van der Waals surface area contributed by atoms with Crippen LogP contribution < -0.4 is 10.1 Å². The normalized spacial score (nSPS) is 23.2. The van der Waals surface area contributed by atoms with Crippen LogP contribution in [0.5, 0.6) is 5.75 Å². The first-order valence-corrected chi connectivity index (χ1v) is 8.66. The Labute approximate surface area is 147 Å². The Kier molecular flexibility index (Phi) is 5.38. The zero-order valence-corrected chi connectivity index (χ0v) is 14.6. The number of aryl methyl sites for hydroxylation is 2. The summed E-state index contributed by atoms with van der Waals surface area (Å²) in [4.78, 5) is 12.1.